The van der Waals surface area contributed by atoms with Crippen molar-refractivity contribution in [2.45, 2.75) is 13.3 Å². The highest BCUT2D eigenvalue weighted by Crippen LogP contribution is 2.52. The summed E-state index contributed by atoms with van der Waals surface area (Å²) in [7, 11) is 0. The van der Waals surface area contributed by atoms with Gasteiger partial charge in [-0.05, 0) is 77.0 Å². The molecule has 36 heavy (non-hydrogen) atoms. The third-order valence-corrected chi connectivity index (χ3v) is 7.15. The third-order valence-electron chi connectivity index (χ3n) is 6.56. The number of amides is 3. The van der Waals surface area contributed by atoms with Crippen LogP contribution in [0.5, 0.6) is 11.5 Å². The summed E-state index contributed by atoms with van der Waals surface area (Å²) in [5, 5.41) is 7.75. The first-order chi connectivity index (χ1) is 17.4. The van der Waals surface area contributed by atoms with E-state index in [0.717, 1.165) is 11.4 Å². The zero-order valence-electron chi connectivity index (χ0n) is 19.3. The van der Waals surface area contributed by atoms with Gasteiger partial charge >= 0.3 is 0 Å². The molecular formula is C26H23BrFN3O5. The molecule has 2 bridgehead atoms. The second-order valence-corrected chi connectivity index (χ2v) is 9.70. The van der Waals surface area contributed by atoms with E-state index in [9.17, 15) is 18.8 Å². The van der Waals surface area contributed by atoms with E-state index in [1.165, 1.54) is 24.4 Å². The molecule has 0 aromatic heterocycles. The highest BCUT2D eigenvalue weighted by molar-refractivity contribution is 9.10. The molecule has 2 aromatic rings. The Bertz CT molecular complexity index is 1270. The van der Waals surface area contributed by atoms with Gasteiger partial charge in [0, 0.05) is 5.69 Å². The van der Waals surface area contributed by atoms with Gasteiger partial charge in [-0.25, -0.2) is 4.39 Å². The van der Waals surface area contributed by atoms with Crippen LogP contribution in [0.1, 0.15) is 18.9 Å². The van der Waals surface area contributed by atoms with Crippen molar-refractivity contribution in [1.29, 1.82) is 0 Å². The average molecular weight is 556 g/mol. The van der Waals surface area contributed by atoms with Crippen LogP contribution in [0.25, 0.3) is 0 Å². The van der Waals surface area contributed by atoms with Crippen LogP contribution in [-0.4, -0.2) is 42.2 Å². The van der Waals surface area contributed by atoms with Gasteiger partial charge in [0.2, 0.25) is 0 Å². The Morgan fingerprint density at radius 2 is 1.89 bits per heavy atom. The van der Waals surface area contributed by atoms with Crippen LogP contribution in [0.4, 0.5) is 10.1 Å². The van der Waals surface area contributed by atoms with Crippen LogP contribution in [-0.2, 0) is 14.4 Å². The van der Waals surface area contributed by atoms with E-state index in [0.29, 0.717) is 33.8 Å². The minimum atomic E-state index is -0.472. The van der Waals surface area contributed by atoms with Gasteiger partial charge in [0.05, 0.1) is 29.1 Å². The van der Waals surface area contributed by atoms with Crippen molar-refractivity contribution in [2.75, 3.05) is 18.5 Å². The predicted octanol–water partition coefficient (Wildman–Crippen LogP) is 4.15. The summed E-state index contributed by atoms with van der Waals surface area (Å²) in [4.78, 5) is 38.0. The minimum Gasteiger partial charge on any atom is -0.490 e. The number of nitrogens with zero attached hydrogens (tertiary/aromatic N) is 2. The fraction of sp³-hybridized carbons (Fsp3) is 0.308. The first-order valence-corrected chi connectivity index (χ1v) is 12.4. The van der Waals surface area contributed by atoms with Crippen molar-refractivity contribution in [1.82, 2.24) is 5.01 Å². The molecule has 0 unspecified atom stereocenters. The maximum atomic E-state index is 13.3. The van der Waals surface area contributed by atoms with Gasteiger partial charge in [0.25, 0.3) is 17.7 Å². The highest BCUT2D eigenvalue weighted by Gasteiger charge is 2.59. The normalized spacial score (nSPS) is 24.0. The van der Waals surface area contributed by atoms with Gasteiger partial charge in [0.1, 0.15) is 5.82 Å². The van der Waals surface area contributed by atoms with Crippen molar-refractivity contribution in [2.24, 2.45) is 28.8 Å². The molecule has 3 aliphatic rings. The number of rotatable bonds is 8. The van der Waals surface area contributed by atoms with E-state index >= 15 is 0 Å². The number of fused-ring (bicyclic) bond motifs is 5. The number of carbonyl (C=O) groups excluding carboxylic acids is 3. The van der Waals surface area contributed by atoms with Crippen LogP contribution >= 0.6 is 15.9 Å². The van der Waals surface area contributed by atoms with Crippen LogP contribution in [0.2, 0.25) is 0 Å². The maximum absolute atomic E-state index is 13.3. The van der Waals surface area contributed by atoms with E-state index < -0.39 is 11.7 Å². The summed E-state index contributed by atoms with van der Waals surface area (Å²) in [6.07, 6.45) is 6.36. The lowest BCUT2D eigenvalue weighted by atomic mass is 9.85. The molecule has 8 nitrogen and oxygen atoms in total. The number of allylic oxidation sites excluding steroid dienone is 2. The average Bonchev–Trinajstić information content (AvgIpc) is 3.51. The standard InChI is InChI=1S/C26H23BrFN3O5/c1-2-35-20-9-14(12-29-31-25(33)22-15-6-7-16(10-15)23(22)26(31)34)8-19(27)24(20)36-13-21(32)30-18-5-3-4-17(28)11-18/h3-9,11-12,15-16,22-23H,2,10,13H2,1H3,(H,30,32)/t15-,16-,22-,23+/m0/s1. The van der Waals surface area contributed by atoms with Crippen molar-refractivity contribution in [3.8, 4) is 11.5 Å². The largest absolute Gasteiger partial charge is 0.490 e. The van der Waals surface area contributed by atoms with Crippen molar-refractivity contribution in [3.63, 3.8) is 0 Å². The summed E-state index contributed by atoms with van der Waals surface area (Å²) in [6, 6.07) is 8.88. The van der Waals surface area contributed by atoms with Crippen molar-refractivity contribution >= 4 is 45.6 Å². The Balaban J connectivity index is 1.28. The van der Waals surface area contributed by atoms with E-state index in [-0.39, 0.29) is 42.1 Å². The summed E-state index contributed by atoms with van der Waals surface area (Å²) >= 11 is 3.43. The van der Waals surface area contributed by atoms with Gasteiger partial charge in [-0.2, -0.15) is 10.1 Å². The Kier molecular flexibility index (Phi) is 6.61. The molecule has 0 spiro atoms. The highest BCUT2D eigenvalue weighted by atomic mass is 79.9. The lowest BCUT2D eigenvalue weighted by molar-refractivity contribution is -0.140. The molecule has 10 heteroatoms. The topological polar surface area (TPSA) is 97.3 Å². The van der Waals surface area contributed by atoms with E-state index in [1.54, 1.807) is 25.1 Å². The first-order valence-electron chi connectivity index (χ1n) is 11.6. The SMILES string of the molecule is CCOc1cc(C=NN2C(=O)[C@@H]3[C@H](C2=O)[C@H]2C=C[C@H]3C2)cc(Br)c1OCC(=O)Nc1cccc(F)c1. The molecule has 1 heterocycles. The molecule has 1 saturated carbocycles. The number of anilines is 1. The molecular weight excluding hydrogens is 533 g/mol. The molecule has 0 radical (unpaired) electrons. The quantitative estimate of drug-likeness (QED) is 0.300. The Labute approximate surface area is 215 Å². The number of hydrogen-bond donors (Lipinski definition) is 1. The molecule has 2 fully saturated rings. The number of ether oxygens (including phenoxy) is 2. The third kappa shape index (κ3) is 4.53. The predicted molar refractivity (Wildman–Crippen MR) is 133 cm³/mol. The number of hydrogen-bond acceptors (Lipinski definition) is 6. The summed E-state index contributed by atoms with van der Waals surface area (Å²) in [6.45, 7) is 1.80. The van der Waals surface area contributed by atoms with Gasteiger partial charge in [-0.15, -0.1) is 0 Å². The summed E-state index contributed by atoms with van der Waals surface area (Å²) in [5.41, 5.74) is 0.888. The molecule has 1 saturated heterocycles. The fourth-order valence-electron chi connectivity index (χ4n) is 5.09. The van der Waals surface area contributed by atoms with Crippen LogP contribution in [0.3, 0.4) is 0 Å². The fourth-order valence-corrected chi connectivity index (χ4v) is 5.67. The van der Waals surface area contributed by atoms with Crippen molar-refractivity contribution < 1.29 is 28.2 Å². The van der Waals surface area contributed by atoms with E-state index in [1.807, 2.05) is 12.2 Å². The molecule has 5 rings (SSSR count). The summed E-state index contributed by atoms with van der Waals surface area (Å²) in [5.74, 6) is -1.20. The van der Waals surface area contributed by atoms with Gasteiger partial charge < -0.3 is 14.8 Å². The maximum Gasteiger partial charge on any atom is 0.262 e. The smallest absolute Gasteiger partial charge is 0.262 e. The van der Waals surface area contributed by atoms with Gasteiger partial charge in [0.15, 0.2) is 18.1 Å². The minimum absolute atomic E-state index is 0.116. The monoisotopic (exact) mass is 555 g/mol. The number of imide groups is 1. The lowest BCUT2D eigenvalue weighted by Crippen LogP contribution is -2.28. The molecule has 2 aromatic carbocycles. The molecule has 186 valence electrons. The number of benzene rings is 2. The van der Waals surface area contributed by atoms with E-state index in [4.69, 9.17) is 9.47 Å². The molecule has 1 aliphatic heterocycles. The van der Waals surface area contributed by atoms with Crippen LogP contribution in [0.15, 0.2) is 58.1 Å². The van der Waals surface area contributed by atoms with Gasteiger partial charge in [-0.1, -0.05) is 18.2 Å². The first kappa shape index (κ1) is 24.2. The molecule has 2 aliphatic carbocycles. The second kappa shape index (κ2) is 9.85. The number of nitrogens with one attached hydrogen (secondary N) is 1. The zero-order chi connectivity index (χ0) is 25.4. The Hall–Kier alpha value is -3.53. The summed E-state index contributed by atoms with van der Waals surface area (Å²) < 4.78 is 25.2. The number of halogens is 2. The second-order valence-electron chi connectivity index (χ2n) is 8.84. The zero-order valence-corrected chi connectivity index (χ0v) is 20.9. The number of carbonyl (C=O) groups is 3. The van der Waals surface area contributed by atoms with E-state index in [2.05, 4.69) is 26.3 Å². The van der Waals surface area contributed by atoms with Crippen LogP contribution in [0, 0.1) is 29.5 Å². The molecule has 3 amide bonds. The van der Waals surface area contributed by atoms with Crippen LogP contribution < -0.4 is 14.8 Å². The number of hydrazone groups is 1. The molecule has 4 atom stereocenters. The Morgan fingerprint density at radius 3 is 2.56 bits per heavy atom. The van der Waals surface area contributed by atoms with Gasteiger partial charge in [-0.3, -0.25) is 14.4 Å². The van der Waals surface area contributed by atoms with Crippen molar-refractivity contribution in [3.05, 3.63) is 64.4 Å². The Morgan fingerprint density at radius 1 is 1.17 bits per heavy atom. The lowest BCUT2D eigenvalue weighted by Gasteiger charge is -2.15. The molecule has 1 N–H and O–H groups in total.